The fourth-order valence-electron chi connectivity index (χ4n) is 2.63. The Hall–Kier alpha value is -1.30. The third kappa shape index (κ3) is 5.77. The van der Waals surface area contributed by atoms with Gasteiger partial charge >= 0.3 is 12.0 Å². The van der Waals surface area contributed by atoms with Crippen LogP contribution in [0.4, 0.5) is 4.79 Å². The van der Waals surface area contributed by atoms with E-state index in [4.69, 9.17) is 5.11 Å². The number of likely N-dealkylation sites (tertiary alicyclic amines) is 1. The maximum Gasteiger partial charge on any atom is 0.315 e. The summed E-state index contributed by atoms with van der Waals surface area (Å²) in [7, 11) is 2.09. The summed E-state index contributed by atoms with van der Waals surface area (Å²) in [5, 5.41) is 14.6. The quantitative estimate of drug-likeness (QED) is 0.683. The largest absolute Gasteiger partial charge is 0.481 e. The monoisotopic (exact) mass is 285 g/mol. The van der Waals surface area contributed by atoms with Gasteiger partial charge in [0.1, 0.15) is 0 Å². The van der Waals surface area contributed by atoms with Gasteiger partial charge in [-0.2, -0.15) is 0 Å². The van der Waals surface area contributed by atoms with E-state index in [-0.39, 0.29) is 24.4 Å². The second kappa shape index (κ2) is 8.09. The standard InChI is InChI=1S/C14H27N3O3/c1-4-11(7-13(18)19)8-15-14(20)16-12-5-6-17(3)9-10(12)2/h10-12H,4-9H2,1-3H3,(H,18,19)(H2,15,16,20). The first-order valence-electron chi connectivity index (χ1n) is 7.37. The molecule has 0 radical (unpaired) electrons. The number of piperidine rings is 1. The van der Waals surface area contributed by atoms with E-state index in [1.807, 2.05) is 6.92 Å². The second-order valence-corrected chi connectivity index (χ2v) is 5.86. The van der Waals surface area contributed by atoms with Crippen LogP contribution in [0.15, 0.2) is 0 Å². The van der Waals surface area contributed by atoms with E-state index in [0.717, 1.165) is 25.9 Å². The minimum absolute atomic E-state index is 0.00633. The zero-order valence-corrected chi connectivity index (χ0v) is 12.7. The van der Waals surface area contributed by atoms with Crippen LogP contribution >= 0.6 is 0 Å². The van der Waals surface area contributed by atoms with Gasteiger partial charge in [-0.25, -0.2) is 4.79 Å². The molecule has 1 aliphatic rings. The van der Waals surface area contributed by atoms with Crippen molar-refractivity contribution < 1.29 is 14.7 Å². The van der Waals surface area contributed by atoms with Gasteiger partial charge in [0, 0.05) is 25.6 Å². The Bertz CT molecular complexity index is 336. The molecular weight excluding hydrogens is 258 g/mol. The summed E-state index contributed by atoms with van der Waals surface area (Å²) in [5.74, 6) is -0.392. The Morgan fingerprint density at radius 1 is 1.45 bits per heavy atom. The van der Waals surface area contributed by atoms with Crippen LogP contribution in [-0.4, -0.2) is 54.7 Å². The SMILES string of the molecule is CCC(CNC(=O)NC1CCN(C)CC1C)CC(=O)O. The van der Waals surface area contributed by atoms with Crippen LogP contribution in [-0.2, 0) is 4.79 Å². The average molecular weight is 285 g/mol. The Balaban J connectivity index is 2.30. The summed E-state index contributed by atoms with van der Waals surface area (Å²) in [6.45, 7) is 6.47. The molecule has 1 heterocycles. The summed E-state index contributed by atoms with van der Waals surface area (Å²) in [6, 6.07) is 0.0148. The Morgan fingerprint density at radius 3 is 2.70 bits per heavy atom. The highest BCUT2D eigenvalue weighted by molar-refractivity contribution is 5.74. The second-order valence-electron chi connectivity index (χ2n) is 5.86. The molecule has 0 aliphatic carbocycles. The van der Waals surface area contributed by atoms with Gasteiger partial charge in [0.15, 0.2) is 0 Å². The zero-order valence-electron chi connectivity index (χ0n) is 12.7. The molecule has 1 aliphatic heterocycles. The maximum atomic E-state index is 11.9. The smallest absolute Gasteiger partial charge is 0.315 e. The van der Waals surface area contributed by atoms with Gasteiger partial charge < -0.3 is 20.6 Å². The first-order valence-corrected chi connectivity index (χ1v) is 7.37. The number of urea groups is 1. The summed E-state index contributed by atoms with van der Waals surface area (Å²) < 4.78 is 0. The topological polar surface area (TPSA) is 81.7 Å². The summed E-state index contributed by atoms with van der Waals surface area (Å²) in [4.78, 5) is 24.8. The number of hydrogen-bond donors (Lipinski definition) is 3. The van der Waals surface area contributed by atoms with Gasteiger partial charge in [0.05, 0.1) is 0 Å². The van der Waals surface area contributed by atoms with E-state index >= 15 is 0 Å². The van der Waals surface area contributed by atoms with Crippen LogP contribution < -0.4 is 10.6 Å². The summed E-state index contributed by atoms with van der Waals surface area (Å²) in [6.07, 6.45) is 1.80. The van der Waals surface area contributed by atoms with E-state index in [9.17, 15) is 9.59 Å². The van der Waals surface area contributed by atoms with Crippen molar-refractivity contribution in [2.24, 2.45) is 11.8 Å². The van der Waals surface area contributed by atoms with Crippen molar-refractivity contribution in [2.75, 3.05) is 26.7 Å². The minimum atomic E-state index is -0.817. The van der Waals surface area contributed by atoms with E-state index in [1.54, 1.807) is 0 Å². The summed E-state index contributed by atoms with van der Waals surface area (Å²) in [5.41, 5.74) is 0. The molecule has 0 spiro atoms. The van der Waals surface area contributed by atoms with Crippen molar-refractivity contribution in [1.82, 2.24) is 15.5 Å². The number of rotatable bonds is 6. The Morgan fingerprint density at radius 2 is 2.15 bits per heavy atom. The molecule has 3 N–H and O–H groups in total. The molecule has 3 atom stereocenters. The van der Waals surface area contributed by atoms with Crippen molar-refractivity contribution in [3.8, 4) is 0 Å². The molecule has 0 aromatic heterocycles. The molecule has 20 heavy (non-hydrogen) atoms. The van der Waals surface area contributed by atoms with Crippen molar-refractivity contribution in [1.29, 1.82) is 0 Å². The number of carboxylic acids is 1. The summed E-state index contributed by atoms with van der Waals surface area (Å²) >= 11 is 0. The van der Waals surface area contributed by atoms with E-state index in [2.05, 4.69) is 29.5 Å². The highest BCUT2D eigenvalue weighted by Gasteiger charge is 2.25. The lowest BCUT2D eigenvalue weighted by Gasteiger charge is -2.35. The number of carbonyl (C=O) groups is 2. The zero-order chi connectivity index (χ0) is 15.1. The third-order valence-corrected chi connectivity index (χ3v) is 4.02. The molecule has 6 nitrogen and oxygen atoms in total. The van der Waals surface area contributed by atoms with Gasteiger partial charge in [-0.3, -0.25) is 4.79 Å². The van der Waals surface area contributed by atoms with Gasteiger partial charge in [0.25, 0.3) is 0 Å². The number of aliphatic carboxylic acids is 1. The first-order chi connectivity index (χ1) is 9.42. The van der Waals surface area contributed by atoms with Crippen LogP contribution in [0.5, 0.6) is 0 Å². The predicted octanol–water partition coefficient (Wildman–Crippen LogP) is 1.13. The van der Waals surface area contributed by atoms with E-state index < -0.39 is 5.97 Å². The molecule has 3 unspecified atom stereocenters. The molecular formula is C14H27N3O3. The molecule has 0 bridgehead atoms. The third-order valence-electron chi connectivity index (χ3n) is 4.02. The molecule has 1 fully saturated rings. The molecule has 6 heteroatoms. The van der Waals surface area contributed by atoms with Gasteiger partial charge in [-0.1, -0.05) is 20.3 Å². The van der Waals surface area contributed by atoms with Crippen molar-refractivity contribution >= 4 is 12.0 Å². The number of carboxylic acid groups (broad SMARTS) is 1. The van der Waals surface area contributed by atoms with Crippen LogP contribution in [0.3, 0.4) is 0 Å². The fourth-order valence-corrected chi connectivity index (χ4v) is 2.63. The number of amides is 2. The molecule has 0 aromatic carbocycles. The fraction of sp³-hybridized carbons (Fsp3) is 0.857. The van der Waals surface area contributed by atoms with Crippen molar-refractivity contribution in [3.05, 3.63) is 0 Å². The van der Waals surface area contributed by atoms with Crippen LogP contribution in [0.2, 0.25) is 0 Å². The minimum Gasteiger partial charge on any atom is -0.481 e. The first kappa shape index (κ1) is 16.8. The molecule has 2 amide bonds. The lowest BCUT2D eigenvalue weighted by molar-refractivity contribution is -0.138. The lowest BCUT2D eigenvalue weighted by Crippen LogP contribution is -2.52. The predicted molar refractivity (Wildman–Crippen MR) is 77.6 cm³/mol. The highest BCUT2D eigenvalue weighted by atomic mass is 16.4. The van der Waals surface area contributed by atoms with Crippen LogP contribution in [0.1, 0.15) is 33.1 Å². The molecule has 1 saturated heterocycles. The Labute approximate surface area is 120 Å². The number of nitrogens with zero attached hydrogens (tertiary/aromatic N) is 1. The Kier molecular flexibility index (Phi) is 6.78. The van der Waals surface area contributed by atoms with Crippen LogP contribution in [0, 0.1) is 11.8 Å². The normalized spacial score (nSPS) is 24.9. The number of hydrogen-bond acceptors (Lipinski definition) is 3. The van der Waals surface area contributed by atoms with Gasteiger partial charge in [-0.15, -0.1) is 0 Å². The maximum absolute atomic E-state index is 11.9. The van der Waals surface area contributed by atoms with Crippen molar-refractivity contribution in [2.45, 2.75) is 39.2 Å². The molecule has 0 saturated carbocycles. The van der Waals surface area contributed by atoms with Gasteiger partial charge in [-0.05, 0) is 31.8 Å². The highest BCUT2D eigenvalue weighted by Crippen LogP contribution is 2.15. The van der Waals surface area contributed by atoms with Gasteiger partial charge in [0.2, 0.25) is 0 Å². The molecule has 1 rings (SSSR count). The van der Waals surface area contributed by atoms with Crippen molar-refractivity contribution in [3.63, 3.8) is 0 Å². The number of carbonyl (C=O) groups excluding carboxylic acids is 1. The lowest BCUT2D eigenvalue weighted by atomic mass is 9.94. The average Bonchev–Trinajstić information content (AvgIpc) is 2.37. The van der Waals surface area contributed by atoms with E-state index in [1.165, 1.54) is 0 Å². The molecule has 0 aromatic rings. The molecule has 116 valence electrons. The van der Waals surface area contributed by atoms with E-state index in [0.29, 0.717) is 12.5 Å². The number of nitrogens with one attached hydrogen (secondary N) is 2. The van der Waals surface area contributed by atoms with Crippen LogP contribution in [0.25, 0.3) is 0 Å².